The highest BCUT2D eigenvalue weighted by molar-refractivity contribution is 5.84. The van der Waals surface area contributed by atoms with E-state index in [1.807, 2.05) is 54.9 Å². The number of rotatable bonds is 5. The SMILES string of the molecule is OC[C@H](NCc1cccc2cnccc12)c1ccccc1. The Hall–Kier alpha value is -2.23. The van der Waals surface area contributed by atoms with E-state index in [9.17, 15) is 5.11 Å². The smallest absolute Gasteiger partial charge is 0.0626 e. The summed E-state index contributed by atoms with van der Waals surface area (Å²) in [7, 11) is 0. The number of nitrogens with zero attached hydrogens (tertiary/aromatic N) is 1. The lowest BCUT2D eigenvalue weighted by atomic mass is 10.0. The summed E-state index contributed by atoms with van der Waals surface area (Å²) in [6.07, 6.45) is 3.69. The van der Waals surface area contributed by atoms with Gasteiger partial charge in [-0.3, -0.25) is 4.98 Å². The molecule has 1 aromatic heterocycles. The van der Waals surface area contributed by atoms with Crippen LogP contribution in [-0.2, 0) is 6.54 Å². The van der Waals surface area contributed by atoms with Crippen LogP contribution in [0.4, 0.5) is 0 Å². The van der Waals surface area contributed by atoms with Crippen molar-refractivity contribution in [2.75, 3.05) is 6.61 Å². The Morgan fingerprint density at radius 2 is 1.86 bits per heavy atom. The summed E-state index contributed by atoms with van der Waals surface area (Å²) in [5.74, 6) is 0. The highest BCUT2D eigenvalue weighted by Crippen LogP contribution is 2.19. The molecule has 3 rings (SSSR count). The maximum Gasteiger partial charge on any atom is 0.0626 e. The number of aromatic nitrogens is 1. The lowest BCUT2D eigenvalue weighted by Crippen LogP contribution is -2.24. The van der Waals surface area contributed by atoms with Crippen LogP contribution >= 0.6 is 0 Å². The second kappa shape index (κ2) is 6.48. The molecule has 0 radical (unpaired) electrons. The van der Waals surface area contributed by atoms with E-state index in [4.69, 9.17) is 0 Å². The molecule has 106 valence electrons. The van der Waals surface area contributed by atoms with Crippen LogP contribution in [-0.4, -0.2) is 16.7 Å². The summed E-state index contributed by atoms with van der Waals surface area (Å²) >= 11 is 0. The van der Waals surface area contributed by atoms with Crippen molar-refractivity contribution >= 4 is 10.8 Å². The van der Waals surface area contributed by atoms with Gasteiger partial charge in [0.2, 0.25) is 0 Å². The predicted octanol–water partition coefficient (Wildman–Crippen LogP) is 3.06. The van der Waals surface area contributed by atoms with Crippen LogP contribution < -0.4 is 5.32 Å². The van der Waals surface area contributed by atoms with E-state index in [0.29, 0.717) is 6.54 Å². The van der Waals surface area contributed by atoms with E-state index in [-0.39, 0.29) is 12.6 Å². The summed E-state index contributed by atoms with van der Waals surface area (Å²) in [6, 6.07) is 18.2. The molecule has 0 saturated heterocycles. The van der Waals surface area contributed by atoms with Gasteiger partial charge in [-0.1, -0.05) is 48.5 Å². The standard InChI is InChI=1S/C18H18N2O/c21-13-18(14-5-2-1-3-6-14)20-12-16-8-4-7-15-11-19-10-9-17(15)16/h1-11,18,20-21H,12-13H2/t18-/m0/s1. The van der Waals surface area contributed by atoms with Gasteiger partial charge in [-0.25, -0.2) is 0 Å². The fourth-order valence-electron chi connectivity index (χ4n) is 2.55. The lowest BCUT2D eigenvalue weighted by molar-refractivity contribution is 0.244. The van der Waals surface area contributed by atoms with Gasteiger partial charge in [0.1, 0.15) is 0 Å². The van der Waals surface area contributed by atoms with Gasteiger partial charge in [0.15, 0.2) is 0 Å². The molecule has 0 aliphatic heterocycles. The van der Waals surface area contributed by atoms with Gasteiger partial charge < -0.3 is 10.4 Å². The number of hydrogen-bond acceptors (Lipinski definition) is 3. The van der Waals surface area contributed by atoms with Crippen molar-refractivity contribution in [3.63, 3.8) is 0 Å². The quantitative estimate of drug-likeness (QED) is 0.754. The largest absolute Gasteiger partial charge is 0.394 e. The van der Waals surface area contributed by atoms with E-state index in [1.165, 1.54) is 10.9 Å². The van der Waals surface area contributed by atoms with Gasteiger partial charge in [-0.2, -0.15) is 0 Å². The Kier molecular flexibility index (Phi) is 4.24. The molecule has 3 nitrogen and oxygen atoms in total. The van der Waals surface area contributed by atoms with Crippen LogP contribution in [0.25, 0.3) is 10.8 Å². The third-order valence-corrected chi connectivity index (χ3v) is 3.69. The van der Waals surface area contributed by atoms with Crippen molar-refractivity contribution in [1.29, 1.82) is 0 Å². The molecule has 0 unspecified atom stereocenters. The summed E-state index contributed by atoms with van der Waals surface area (Å²) < 4.78 is 0. The number of aliphatic hydroxyl groups excluding tert-OH is 1. The van der Waals surface area contributed by atoms with Crippen LogP contribution in [0.5, 0.6) is 0 Å². The Morgan fingerprint density at radius 3 is 2.67 bits per heavy atom. The molecule has 0 bridgehead atoms. The molecule has 0 aliphatic carbocycles. The van der Waals surface area contributed by atoms with E-state index in [0.717, 1.165) is 10.9 Å². The maximum absolute atomic E-state index is 9.60. The average molecular weight is 278 g/mol. The molecule has 21 heavy (non-hydrogen) atoms. The van der Waals surface area contributed by atoms with E-state index in [2.05, 4.69) is 22.4 Å². The molecule has 0 aliphatic rings. The first-order valence-electron chi connectivity index (χ1n) is 7.09. The fraction of sp³-hybridized carbons (Fsp3) is 0.167. The molecule has 1 atom stereocenters. The van der Waals surface area contributed by atoms with Crippen molar-refractivity contribution in [1.82, 2.24) is 10.3 Å². The molecule has 0 saturated carbocycles. The van der Waals surface area contributed by atoms with Crippen molar-refractivity contribution in [2.24, 2.45) is 0 Å². The molecule has 1 heterocycles. The fourth-order valence-corrected chi connectivity index (χ4v) is 2.55. The minimum atomic E-state index is -0.0525. The highest BCUT2D eigenvalue weighted by atomic mass is 16.3. The first-order valence-corrected chi connectivity index (χ1v) is 7.09. The Balaban J connectivity index is 1.79. The predicted molar refractivity (Wildman–Crippen MR) is 84.9 cm³/mol. The first-order chi connectivity index (χ1) is 10.4. The number of nitrogens with one attached hydrogen (secondary N) is 1. The van der Waals surface area contributed by atoms with Gasteiger partial charge in [0, 0.05) is 24.3 Å². The van der Waals surface area contributed by atoms with Gasteiger partial charge in [0.05, 0.1) is 12.6 Å². The van der Waals surface area contributed by atoms with Gasteiger partial charge >= 0.3 is 0 Å². The van der Waals surface area contributed by atoms with E-state index in [1.54, 1.807) is 0 Å². The summed E-state index contributed by atoms with van der Waals surface area (Å²) in [4.78, 5) is 4.15. The number of aliphatic hydroxyl groups is 1. The topological polar surface area (TPSA) is 45.1 Å². The van der Waals surface area contributed by atoms with Crippen LogP contribution in [0.2, 0.25) is 0 Å². The van der Waals surface area contributed by atoms with Gasteiger partial charge in [-0.15, -0.1) is 0 Å². The molecule has 2 N–H and O–H groups in total. The Bertz CT molecular complexity index is 707. The second-order valence-electron chi connectivity index (χ2n) is 5.04. The number of hydrogen-bond donors (Lipinski definition) is 2. The third-order valence-electron chi connectivity index (χ3n) is 3.69. The highest BCUT2D eigenvalue weighted by Gasteiger charge is 2.09. The van der Waals surface area contributed by atoms with Crippen molar-refractivity contribution in [3.8, 4) is 0 Å². The second-order valence-corrected chi connectivity index (χ2v) is 5.04. The molecule has 0 spiro atoms. The average Bonchev–Trinajstić information content (AvgIpc) is 2.56. The van der Waals surface area contributed by atoms with Crippen LogP contribution in [0.1, 0.15) is 17.2 Å². The zero-order valence-electron chi connectivity index (χ0n) is 11.7. The monoisotopic (exact) mass is 278 g/mol. The Labute approximate surface area is 124 Å². The van der Waals surface area contributed by atoms with Crippen molar-refractivity contribution in [2.45, 2.75) is 12.6 Å². The minimum absolute atomic E-state index is 0.0525. The summed E-state index contributed by atoms with van der Waals surface area (Å²) in [5.41, 5.74) is 2.31. The summed E-state index contributed by atoms with van der Waals surface area (Å²) in [5, 5.41) is 15.4. The van der Waals surface area contributed by atoms with E-state index >= 15 is 0 Å². The lowest BCUT2D eigenvalue weighted by Gasteiger charge is -2.17. The molecule has 3 heteroatoms. The number of fused-ring (bicyclic) bond motifs is 1. The van der Waals surface area contributed by atoms with Crippen LogP contribution in [0.3, 0.4) is 0 Å². The molecule has 0 amide bonds. The molecular weight excluding hydrogens is 260 g/mol. The molecule has 0 fully saturated rings. The maximum atomic E-state index is 9.60. The van der Waals surface area contributed by atoms with Crippen LogP contribution in [0, 0.1) is 0 Å². The molecule has 2 aromatic carbocycles. The minimum Gasteiger partial charge on any atom is -0.394 e. The zero-order chi connectivity index (χ0) is 14.5. The number of pyridine rings is 1. The molecular formula is C18H18N2O. The van der Waals surface area contributed by atoms with Crippen molar-refractivity contribution in [3.05, 3.63) is 78.1 Å². The van der Waals surface area contributed by atoms with Crippen molar-refractivity contribution < 1.29 is 5.11 Å². The normalized spacial score (nSPS) is 12.4. The zero-order valence-corrected chi connectivity index (χ0v) is 11.7. The van der Waals surface area contributed by atoms with E-state index < -0.39 is 0 Å². The van der Waals surface area contributed by atoms with Crippen LogP contribution in [0.15, 0.2) is 67.0 Å². The molecule has 3 aromatic rings. The summed E-state index contributed by atoms with van der Waals surface area (Å²) in [6.45, 7) is 0.789. The van der Waals surface area contributed by atoms with Gasteiger partial charge in [0.25, 0.3) is 0 Å². The third kappa shape index (κ3) is 3.10. The number of benzene rings is 2. The van der Waals surface area contributed by atoms with Gasteiger partial charge in [-0.05, 0) is 22.6 Å². The first kappa shape index (κ1) is 13.7. The Morgan fingerprint density at radius 1 is 1.00 bits per heavy atom.